The largest absolute Gasteiger partial charge is 0.487 e. The summed E-state index contributed by atoms with van der Waals surface area (Å²) in [6, 6.07) is 6.99. The fourth-order valence-corrected chi connectivity index (χ4v) is 1.83. The predicted molar refractivity (Wildman–Crippen MR) is 80.1 cm³/mol. The molecule has 0 heterocycles. The molecule has 0 spiro atoms. The Labute approximate surface area is 124 Å². The average molecular weight is 291 g/mol. The highest BCUT2D eigenvalue weighted by molar-refractivity contribution is 5.48. The SMILES string of the molecule is CCCNCc1ccc([N+](=O)[O-])c(OCCCCC#N)c1. The number of ether oxygens (including phenoxy) is 1. The van der Waals surface area contributed by atoms with Crippen LogP contribution in [0.5, 0.6) is 5.75 Å². The van der Waals surface area contributed by atoms with E-state index >= 15 is 0 Å². The normalized spacial score (nSPS) is 10.1. The third-order valence-corrected chi connectivity index (χ3v) is 2.92. The van der Waals surface area contributed by atoms with Crippen molar-refractivity contribution in [3.8, 4) is 11.8 Å². The Hall–Kier alpha value is -2.13. The first kappa shape index (κ1) is 16.9. The highest BCUT2D eigenvalue weighted by atomic mass is 16.6. The molecular weight excluding hydrogens is 270 g/mol. The molecule has 0 fully saturated rings. The minimum atomic E-state index is -0.437. The van der Waals surface area contributed by atoms with Crippen molar-refractivity contribution in [3.05, 3.63) is 33.9 Å². The van der Waals surface area contributed by atoms with Gasteiger partial charge in [0.1, 0.15) is 0 Å². The Bertz CT molecular complexity index is 497. The van der Waals surface area contributed by atoms with Gasteiger partial charge in [0.15, 0.2) is 5.75 Å². The molecule has 0 bridgehead atoms. The molecule has 0 amide bonds. The van der Waals surface area contributed by atoms with Crippen molar-refractivity contribution in [2.75, 3.05) is 13.2 Å². The molecule has 1 rings (SSSR count). The summed E-state index contributed by atoms with van der Waals surface area (Å²) < 4.78 is 5.51. The van der Waals surface area contributed by atoms with Gasteiger partial charge in [-0.3, -0.25) is 10.1 Å². The number of benzene rings is 1. The van der Waals surface area contributed by atoms with Crippen molar-refractivity contribution in [2.45, 2.75) is 39.2 Å². The van der Waals surface area contributed by atoms with Gasteiger partial charge in [-0.15, -0.1) is 0 Å². The Morgan fingerprint density at radius 2 is 2.24 bits per heavy atom. The van der Waals surface area contributed by atoms with Gasteiger partial charge in [0.05, 0.1) is 17.6 Å². The van der Waals surface area contributed by atoms with E-state index in [1.165, 1.54) is 6.07 Å². The zero-order chi connectivity index (χ0) is 15.5. The second-order valence-corrected chi connectivity index (χ2v) is 4.70. The van der Waals surface area contributed by atoms with Crippen LogP contribution in [0.25, 0.3) is 0 Å². The third kappa shape index (κ3) is 6.23. The molecule has 0 aliphatic carbocycles. The van der Waals surface area contributed by atoms with Crippen molar-refractivity contribution in [2.24, 2.45) is 0 Å². The van der Waals surface area contributed by atoms with Gasteiger partial charge in [0.25, 0.3) is 0 Å². The van der Waals surface area contributed by atoms with Crippen LogP contribution in [0, 0.1) is 21.4 Å². The molecule has 0 aromatic heterocycles. The topological polar surface area (TPSA) is 88.2 Å². The van der Waals surface area contributed by atoms with Crippen molar-refractivity contribution in [1.29, 1.82) is 5.26 Å². The average Bonchev–Trinajstić information content (AvgIpc) is 2.47. The molecule has 114 valence electrons. The molecule has 0 saturated heterocycles. The smallest absolute Gasteiger partial charge is 0.310 e. The summed E-state index contributed by atoms with van der Waals surface area (Å²) >= 11 is 0. The standard InChI is InChI=1S/C15H21N3O3/c1-2-9-17-12-13-6-7-14(18(19)20)15(11-13)21-10-5-3-4-8-16/h6-7,11,17H,2-5,9-10,12H2,1H3. The highest BCUT2D eigenvalue weighted by Gasteiger charge is 2.15. The maximum atomic E-state index is 11.0. The number of nitrogens with zero attached hydrogens (tertiary/aromatic N) is 2. The van der Waals surface area contributed by atoms with E-state index in [1.807, 2.05) is 0 Å². The van der Waals surface area contributed by atoms with Crippen LogP contribution in [0.1, 0.15) is 38.2 Å². The molecular formula is C15H21N3O3. The number of nitriles is 1. The Kier molecular flexibility index (Phi) is 7.84. The number of hydrogen-bond acceptors (Lipinski definition) is 5. The van der Waals surface area contributed by atoms with Crippen LogP contribution in [-0.4, -0.2) is 18.1 Å². The molecule has 0 aliphatic heterocycles. The summed E-state index contributed by atoms with van der Waals surface area (Å²) in [5.41, 5.74) is 0.940. The van der Waals surface area contributed by atoms with Crippen molar-refractivity contribution in [1.82, 2.24) is 5.32 Å². The lowest BCUT2D eigenvalue weighted by atomic mass is 10.2. The van der Waals surface area contributed by atoms with E-state index in [1.54, 1.807) is 12.1 Å². The van der Waals surface area contributed by atoms with E-state index in [4.69, 9.17) is 10.00 Å². The minimum absolute atomic E-state index is 0.0190. The van der Waals surface area contributed by atoms with E-state index in [-0.39, 0.29) is 5.69 Å². The summed E-state index contributed by atoms with van der Waals surface area (Å²) in [6.45, 7) is 4.03. The number of rotatable bonds is 10. The first-order valence-corrected chi connectivity index (χ1v) is 7.16. The van der Waals surface area contributed by atoms with Gasteiger partial charge in [-0.2, -0.15) is 5.26 Å². The van der Waals surface area contributed by atoms with E-state index in [9.17, 15) is 10.1 Å². The zero-order valence-electron chi connectivity index (χ0n) is 12.3. The van der Waals surface area contributed by atoms with Gasteiger partial charge >= 0.3 is 5.69 Å². The summed E-state index contributed by atoms with van der Waals surface area (Å²) in [5.74, 6) is 0.299. The molecule has 1 aromatic rings. The lowest BCUT2D eigenvalue weighted by Crippen LogP contribution is -2.14. The molecule has 21 heavy (non-hydrogen) atoms. The van der Waals surface area contributed by atoms with Crippen LogP contribution in [0.15, 0.2) is 18.2 Å². The first-order chi connectivity index (χ1) is 10.2. The Balaban J connectivity index is 2.65. The van der Waals surface area contributed by atoms with Crippen LogP contribution in [0.3, 0.4) is 0 Å². The monoisotopic (exact) mass is 291 g/mol. The van der Waals surface area contributed by atoms with Crippen molar-refractivity contribution in [3.63, 3.8) is 0 Å². The van der Waals surface area contributed by atoms with E-state index < -0.39 is 4.92 Å². The Morgan fingerprint density at radius 1 is 1.43 bits per heavy atom. The maximum Gasteiger partial charge on any atom is 0.310 e. The van der Waals surface area contributed by atoms with E-state index in [2.05, 4.69) is 18.3 Å². The lowest BCUT2D eigenvalue weighted by Gasteiger charge is -2.09. The Morgan fingerprint density at radius 3 is 2.90 bits per heavy atom. The van der Waals surface area contributed by atoms with Gasteiger partial charge < -0.3 is 10.1 Å². The molecule has 6 nitrogen and oxygen atoms in total. The maximum absolute atomic E-state index is 11.0. The van der Waals surface area contributed by atoms with Gasteiger partial charge in [-0.25, -0.2) is 0 Å². The molecule has 6 heteroatoms. The molecule has 0 saturated carbocycles. The predicted octanol–water partition coefficient (Wildman–Crippen LogP) is 3.17. The van der Waals surface area contributed by atoms with E-state index in [0.717, 1.165) is 24.9 Å². The van der Waals surface area contributed by atoms with Gasteiger partial charge in [0.2, 0.25) is 0 Å². The molecule has 1 N–H and O–H groups in total. The molecule has 0 aliphatic rings. The second-order valence-electron chi connectivity index (χ2n) is 4.70. The van der Waals surface area contributed by atoms with Gasteiger partial charge in [-0.05, 0) is 37.4 Å². The summed E-state index contributed by atoms with van der Waals surface area (Å²) in [4.78, 5) is 10.6. The first-order valence-electron chi connectivity index (χ1n) is 7.16. The molecule has 0 atom stereocenters. The van der Waals surface area contributed by atoms with Crippen LogP contribution < -0.4 is 10.1 Å². The lowest BCUT2D eigenvalue weighted by molar-refractivity contribution is -0.385. The van der Waals surface area contributed by atoms with Crippen molar-refractivity contribution >= 4 is 5.69 Å². The number of hydrogen-bond donors (Lipinski definition) is 1. The van der Waals surface area contributed by atoms with Crippen LogP contribution in [0.2, 0.25) is 0 Å². The quantitative estimate of drug-likeness (QED) is 0.406. The molecule has 0 unspecified atom stereocenters. The number of unbranched alkanes of at least 4 members (excludes halogenated alkanes) is 2. The zero-order valence-corrected chi connectivity index (χ0v) is 12.3. The van der Waals surface area contributed by atoms with Crippen LogP contribution in [-0.2, 0) is 6.54 Å². The number of nitrogens with one attached hydrogen (secondary N) is 1. The van der Waals surface area contributed by atoms with E-state index in [0.29, 0.717) is 31.7 Å². The highest BCUT2D eigenvalue weighted by Crippen LogP contribution is 2.28. The minimum Gasteiger partial charge on any atom is -0.487 e. The fraction of sp³-hybridized carbons (Fsp3) is 0.533. The summed E-state index contributed by atoms with van der Waals surface area (Å²) in [7, 11) is 0. The number of nitro groups is 1. The van der Waals surface area contributed by atoms with Crippen LogP contribution in [0.4, 0.5) is 5.69 Å². The third-order valence-electron chi connectivity index (χ3n) is 2.92. The van der Waals surface area contributed by atoms with Crippen molar-refractivity contribution < 1.29 is 9.66 Å². The van der Waals surface area contributed by atoms with Crippen LogP contribution >= 0.6 is 0 Å². The molecule has 0 radical (unpaired) electrons. The summed E-state index contributed by atoms with van der Waals surface area (Å²) in [5, 5.41) is 22.7. The fourth-order valence-electron chi connectivity index (χ4n) is 1.83. The second kappa shape index (κ2) is 9.72. The van der Waals surface area contributed by atoms with Gasteiger partial charge in [-0.1, -0.05) is 13.0 Å². The molecule has 1 aromatic carbocycles. The van der Waals surface area contributed by atoms with Gasteiger partial charge in [0, 0.05) is 19.0 Å². The number of nitro benzene ring substituents is 1. The summed E-state index contributed by atoms with van der Waals surface area (Å²) in [6.07, 6.45) is 2.97.